The number of ether oxygens (including phenoxy) is 3. The van der Waals surface area contributed by atoms with Crippen LogP contribution in [0.5, 0.6) is 11.5 Å². The number of aryl methyl sites for hydroxylation is 1. The summed E-state index contributed by atoms with van der Waals surface area (Å²) in [5.41, 5.74) is 0.284. The summed E-state index contributed by atoms with van der Waals surface area (Å²) in [7, 11) is -2.32. The first kappa shape index (κ1) is 38.1. The predicted molar refractivity (Wildman–Crippen MR) is 197 cm³/mol. The van der Waals surface area contributed by atoms with Gasteiger partial charge in [-0.15, -0.1) is 6.58 Å². The molecule has 0 spiro atoms. The van der Waals surface area contributed by atoms with Crippen LogP contribution >= 0.6 is 0 Å². The van der Waals surface area contributed by atoms with E-state index in [4.69, 9.17) is 19.2 Å². The normalized spacial score (nSPS) is 24.1. The molecule has 6 rings (SSSR count). The molecule has 4 aliphatic rings. The Morgan fingerprint density at radius 1 is 1.11 bits per heavy atom. The SMILES string of the molecule is C=C[C@@H]1C[C@]1(NC(=O)[C@@H]1C[C@@H](Oc2cc3cc(OC)ccc3nc2CCCCC)CN1C(=O)[C@@H](NC(=O)OC1CC1)C(=C)C)C(=O)NS(=O)(=O)C1CC1. The number of likely N-dealkylation sites (tertiary alicyclic amines) is 1. The van der Waals surface area contributed by atoms with E-state index in [-0.39, 0.29) is 25.5 Å². The molecule has 1 aromatic carbocycles. The molecule has 0 radical (unpaired) electrons. The van der Waals surface area contributed by atoms with Crippen LogP contribution < -0.4 is 24.8 Å². The summed E-state index contributed by atoms with van der Waals surface area (Å²) in [5, 5.41) is 5.54. The van der Waals surface area contributed by atoms with E-state index >= 15 is 0 Å². The molecule has 53 heavy (non-hydrogen) atoms. The van der Waals surface area contributed by atoms with Crippen LogP contribution in [0.25, 0.3) is 10.9 Å². The number of nitrogens with zero attached hydrogens (tertiary/aromatic N) is 2. The van der Waals surface area contributed by atoms with Crippen molar-refractivity contribution in [1.82, 2.24) is 25.2 Å². The van der Waals surface area contributed by atoms with Crippen LogP contribution in [0.15, 0.2) is 49.1 Å². The number of alkyl carbamates (subject to hydrolysis) is 1. The van der Waals surface area contributed by atoms with E-state index in [1.165, 1.54) is 11.0 Å². The number of sulfonamides is 1. The molecule has 5 atom stereocenters. The number of benzene rings is 1. The molecule has 3 aliphatic carbocycles. The van der Waals surface area contributed by atoms with Gasteiger partial charge in [0, 0.05) is 17.7 Å². The summed E-state index contributed by atoms with van der Waals surface area (Å²) in [6.07, 6.45) is 5.97. The van der Waals surface area contributed by atoms with E-state index in [0.717, 1.165) is 48.7 Å². The summed E-state index contributed by atoms with van der Waals surface area (Å²) in [5.74, 6) is -1.47. The molecule has 3 saturated carbocycles. The quantitative estimate of drug-likeness (QED) is 0.159. The van der Waals surface area contributed by atoms with Crippen molar-refractivity contribution in [2.24, 2.45) is 5.92 Å². The number of hydrogen-bond donors (Lipinski definition) is 3. The van der Waals surface area contributed by atoms with Crippen molar-refractivity contribution < 1.29 is 41.8 Å². The third kappa shape index (κ3) is 8.61. The van der Waals surface area contributed by atoms with E-state index in [1.54, 1.807) is 14.0 Å². The number of fused-ring (bicyclic) bond motifs is 1. The zero-order chi connectivity index (χ0) is 38.1. The number of pyridine rings is 1. The maximum absolute atomic E-state index is 14.3. The molecule has 0 bridgehead atoms. The molecule has 15 heteroatoms. The fraction of sp³-hybridized carbons (Fsp3) is 0.553. The Labute approximate surface area is 310 Å². The standard InChI is InChI=1S/C38H49N5O9S/c1-6-8-9-10-30-32(18-23-17-26(50-5)13-16-29(23)39-30)51-27-19-31(43(21-27)35(45)33(22(3)4)40-37(47)52-25-11-12-25)34(44)41-38(20-24(38)7-2)36(46)42-53(48,49)28-14-15-28/h7,13,16-18,24-25,27-28,31,33H,2-3,6,8-12,14-15,19-21H2,1,4-5H3,(H,40,47)(H,41,44)(H,42,46)/t24-,27-,31+,33+,38-/m1/s1. The molecule has 1 aliphatic heterocycles. The van der Waals surface area contributed by atoms with Gasteiger partial charge in [-0.3, -0.25) is 19.1 Å². The second-order valence-corrected chi connectivity index (χ2v) is 16.6. The highest BCUT2D eigenvalue weighted by Crippen LogP contribution is 2.45. The molecular formula is C38H49N5O9S. The van der Waals surface area contributed by atoms with Gasteiger partial charge in [0.2, 0.25) is 21.8 Å². The molecule has 14 nitrogen and oxygen atoms in total. The number of amides is 4. The Morgan fingerprint density at radius 3 is 2.49 bits per heavy atom. The van der Waals surface area contributed by atoms with Crippen LogP contribution in [0.2, 0.25) is 0 Å². The van der Waals surface area contributed by atoms with Crippen LogP contribution in [0.4, 0.5) is 4.79 Å². The van der Waals surface area contributed by atoms with Gasteiger partial charge in [0.05, 0.1) is 30.1 Å². The van der Waals surface area contributed by atoms with Crippen molar-refractivity contribution >= 4 is 44.7 Å². The third-order valence-corrected chi connectivity index (χ3v) is 12.1. The molecule has 4 fully saturated rings. The summed E-state index contributed by atoms with van der Waals surface area (Å²) in [6.45, 7) is 11.4. The number of rotatable bonds is 17. The van der Waals surface area contributed by atoms with Gasteiger partial charge in [0.25, 0.3) is 5.91 Å². The number of hydrogen-bond acceptors (Lipinski definition) is 10. The zero-order valence-corrected chi connectivity index (χ0v) is 31.3. The molecule has 4 amide bonds. The van der Waals surface area contributed by atoms with Crippen molar-refractivity contribution in [3.8, 4) is 11.5 Å². The fourth-order valence-corrected chi connectivity index (χ4v) is 8.11. The maximum Gasteiger partial charge on any atom is 0.408 e. The highest BCUT2D eigenvalue weighted by Gasteiger charge is 2.62. The van der Waals surface area contributed by atoms with E-state index in [2.05, 4.69) is 35.4 Å². The molecular weight excluding hydrogens is 703 g/mol. The van der Waals surface area contributed by atoms with E-state index in [0.29, 0.717) is 36.3 Å². The fourth-order valence-electron chi connectivity index (χ4n) is 6.75. The lowest BCUT2D eigenvalue weighted by Crippen LogP contribution is -2.58. The Kier molecular flexibility index (Phi) is 11.0. The second-order valence-electron chi connectivity index (χ2n) is 14.6. The minimum Gasteiger partial charge on any atom is -0.497 e. The van der Waals surface area contributed by atoms with Crippen LogP contribution in [-0.4, -0.2) is 90.9 Å². The van der Waals surface area contributed by atoms with Crippen LogP contribution in [-0.2, 0) is 35.6 Å². The Hall–Kier alpha value is -4.66. The summed E-state index contributed by atoms with van der Waals surface area (Å²) in [6, 6.07) is 5.10. The van der Waals surface area contributed by atoms with Crippen molar-refractivity contribution in [3.63, 3.8) is 0 Å². The van der Waals surface area contributed by atoms with Gasteiger partial charge in [-0.1, -0.05) is 32.4 Å². The molecule has 2 heterocycles. The van der Waals surface area contributed by atoms with Crippen LogP contribution in [0.1, 0.15) is 77.3 Å². The van der Waals surface area contributed by atoms with Gasteiger partial charge in [0.1, 0.15) is 41.3 Å². The lowest BCUT2D eigenvalue weighted by Gasteiger charge is -2.29. The number of unbranched alkanes of at least 4 members (excludes halogenated alkanes) is 2. The lowest BCUT2D eigenvalue weighted by atomic mass is 10.1. The predicted octanol–water partition coefficient (Wildman–Crippen LogP) is 3.83. The summed E-state index contributed by atoms with van der Waals surface area (Å²) < 4.78 is 44.9. The Morgan fingerprint density at radius 2 is 1.87 bits per heavy atom. The smallest absolute Gasteiger partial charge is 0.408 e. The average molecular weight is 752 g/mol. The summed E-state index contributed by atoms with van der Waals surface area (Å²) in [4.78, 5) is 60.9. The van der Waals surface area contributed by atoms with Crippen LogP contribution in [0.3, 0.4) is 0 Å². The number of carbonyl (C=O) groups excluding carboxylic acids is 4. The molecule has 3 N–H and O–H groups in total. The number of nitrogens with one attached hydrogen (secondary N) is 3. The van der Waals surface area contributed by atoms with E-state index in [1.807, 2.05) is 24.3 Å². The summed E-state index contributed by atoms with van der Waals surface area (Å²) >= 11 is 0. The Bertz CT molecular complexity index is 1910. The number of carbonyl (C=O) groups is 4. The average Bonchev–Trinajstić information content (AvgIpc) is 4.02. The molecule has 0 unspecified atom stereocenters. The zero-order valence-electron chi connectivity index (χ0n) is 30.5. The van der Waals surface area contributed by atoms with Gasteiger partial charge in [-0.05, 0) is 81.7 Å². The third-order valence-electron chi connectivity index (χ3n) is 10.3. The minimum absolute atomic E-state index is 0.0361. The molecule has 2 aromatic rings. The molecule has 286 valence electrons. The minimum atomic E-state index is -3.90. The van der Waals surface area contributed by atoms with Crippen molar-refractivity contribution in [2.45, 2.75) is 113 Å². The first-order chi connectivity index (χ1) is 25.3. The van der Waals surface area contributed by atoms with E-state index in [9.17, 15) is 27.6 Å². The highest BCUT2D eigenvalue weighted by molar-refractivity contribution is 7.91. The molecule has 1 aromatic heterocycles. The van der Waals surface area contributed by atoms with E-state index < -0.39 is 68.7 Å². The van der Waals surface area contributed by atoms with Crippen molar-refractivity contribution in [3.05, 3.63) is 54.8 Å². The monoisotopic (exact) mass is 751 g/mol. The van der Waals surface area contributed by atoms with Gasteiger partial charge in [-0.2, -0.15) is 0 Å². The largest absolute Gasteiger partial charge is 0.497 e. The first-order valence-electron chi connectivity index (χ1n) is 18.4. The van der Waals surface area contributed by atoms with Crippen molar-refractivity contribution in [2.75, 3.05) is 13.7 Å². The van der Waals surface area contributed by atoms with Crippen LogP contribution in [0, 0.1) is 5.92 Å². The van der Waals surface area contributed by atoms with Gasteiger partial charge in [-0.25, -0.2) is 18.2 Å². The number of methoxy groups -OCH3 is 1. The second kappa shape index (κ2) is 15.4. The maximum atomic E-state index is 14.3. The highest BCUT2D eigenvalue weighted by atomic mass is 32.2. The topological polar surface area (TPSA) is 182 Å². The first-order valence-corrected chi connectivity index (χ1v) is 19.9. The van der Waals surface area contributed by atoms with Gasteiger partial charge >= 0.3 is 6.09 Å². The lowest BCUT2D eigenvalue weighted by molar-refractivity contribution is -0.140. The Balaban J connectivity index is 1.29. The number of aromatic nitrogens is 1. The van der Waals surface area contributed by atoms with Gasteiger partial charge < -0.3 is 29.7 Å². The van der Waals surface area contributed by atoms with Crippen molar-refractivity contribution in [1.29, 1.82) is 0 Å². The molecule has 1 saturated heterocycles. The van der Waals surface area contributed by atoms with Gasteiger partial charge in [0.15, 0.2) is 0 Å².